The van der Waals surface area contributed by atoms with Crippen LogP contribution in [0.25, 0.3) is 5.76 Å². The van der Waals surface area contributed by atoms with E-state index in [1.807, 2.05) is 38.1 Å². The van der Waals surface area contributed by atoms with Crippen LogP contribution in [-0.2, 0) is 16.0 Å². The molecule has 1 atom stereocenters. The summed E-state index contributed by atoms with van der Waals surface area (Å²) in [5.74, 6) is -0.390. The number of Topliss-reactive ketones (excluding diaryl/α,β-unsaturated/α-hetero) is 1. The molecular weight excluding hydrogens is 420 g/mol. The summed E-state index contributed by atoms with van der Waals surface area (Å²) in [6, 6.07) is 15.2. The Bertz CT molecular complexity index is 1190. The van der Waals surface area contributed by atoms with Crippen molar-refractivity contribution in [2.75, 3.05) is 11.5 Å². The number of aliphatic hydroxyl groups excluding tert-OH is 1. The molecule has 1 aliphatic heterocycles. The Balaban J connectivity index is 1.83. The van der Waals surface area contributed by atoms with Gasteiger partial charge in [-0.1, -0.05) is 43.3 Å². The largest absolute Gasteiger partial charge is 0.507 e. The normalized spacial score (nSPS) is 17.5. The number of carbonyl (C=O) groups is 2. The smallest absolute Gasteiger partial charge is 0.301 e. The van der Waals surface area contributed by atoms with Crippen LogP contribution >= 0.6 is 0 Å². The highest BCUT2D eigenvalue weighted by atomic mass is 16.5. The van der Waals surface area contributed by atoms with Gasteiger partial charge < -0.3 is 14.4 Å². The summed E-state index contributed by atoms with van der Waals surface area (Å²) in [6.45, 7) is 6.36. The quantitative estimate of drug-likeness (QED) is 0.313. The molecule has 0 saturated carbocycles. The number of aromatic nitrogens is 1. The molecule has 1 saturated heterocycles. The van der Waals surface area contributed by atoms with Crippen LogP contribution in [0.15, 0.2) is 64.7 Å². The lowest BCUT2D eigenvalue weighted by atomic mass is 9.94. The first kappa shape index (κ1) is 22.3. The Morgan fingerprint density at radius 1 is 1.09 bits per heavy atom. The van der Waals surface area contributed by atoms with Crippen LogP contribution < -0.4 is 9.64 Å². The second-order valence-electron chi connectivity index (χ2n) is 7.93. The maximum absolute atomic E-state index is 13.1. The number of hydrogen-bond acceptors (Lipinski definition) is 6. The Labute approximate surface area is 192 Å². The first-order valence-electron chi connectivity index (χ1n) is 11.0. The molecule has 0 bridgehead atoms. The summed E-state index contributed by atoms with van der Waals surface area (Å²) in [4.78, 5) is 27.5. The van der Waals surface area contributed by atoms with Crippen LogP contribution in [0.2, 0.25) is 0 Å². The van der Waals surface area contributed by atoms with Crippen molar-refractivity contribution in [3.8, 4) is 5.75 Å². The average molecular weight is 447 g/mol. The molecule has 1 aromatic heterocycles. The molecular formula is C26H26N2O5. The fourth-order valence-electron chi connectivity index (χ4n) is 3.87. The first-order chi connectivity index (χ1) is 15.9. The van der Waals surface area contributed by atoms with Crippen LogP contribution in [0.3, 0.4) is 0 Å². The number of nitrogens with zero attached hydrogens (tertiary/aromatic N) is 2. The topological polar surface area (TPSA) is 92.9 Å². The SMILES string of the molecule is CCCOc1ccc(/C(O)=C2\C(=O)C(=O)N(c3cc(C)on3)[C@H]2c2ccc(CC)cc2)cc1. The lowest BCUT2D eigenvalue weighted by Gasteiger charge is -2.23. The lowest BCUT2D eigenvalue weighted by molar-refractivity contribution is -0.132. The van der Waals surface area contributed by atoms with E-state index in [4.69, 9.17) is 9.26 Å². The standard InChI is InChI=1S/C26H26N2O5/c1-4-14-32-20-12-10-19(11-13-20)24(29)22-23(18-8-6-17(5-2)7-9-18)28(26(31)25(22)30)21-15-16(3)33-27-21/h6-13,15,23,29H,4-5,14H2,1-3H3/b24-22+/t23-/m0/s1. The lowest BCUT2D eigenvalue weighted by Crippen LogP contribution is -2.29. The molecule has 0 unspecified atom stereocenters. The third-order valence-electron chi connectivity index (χ3n) is 5.61. The van der Waals surface area contributed by atoms with E-state index in [1.165, 1.54) is 4.90 Å². The number of benzene rings is 2. The van der Waals surface area contributed by atoms with Crippen LogP contribution in [-0.4, -0.2) is 28.6 Å². The van der Waals surface area contributed by atoms with Gasteiger partial charge in [0.15, 0.2) is 5.82 Å². The summed E-state index contributed by atoms with van der Waals surface area (Å²) in [5.41, 5.74) is 2.24. The third kappa shape index (κ3) is 4.26. The van der Waals surface area contributed by atoms with E-state index in [1.54, 1.807) is 37.3 Å². The molecule has 1 amide bonds. The summed E-state index contributed by atoms with van der Waals surface area (Å²) in [7, 11) is 0. The molecule has 0 aliphatic carbocycles. The number of anilines is 1. The van der Waals surface area contributed by atoms with Crippen LogP contribution in [0, 0.1) is 6.92 Å². The van der Waals surface area contributed by atoms with Gasteiger partial charge in [0.1, 0.15) is 17.3 Å². The van der Waals surface area contributed by atoms with Crippen LogP contribution in [0.4, 0.5) is 5.82 Å². The molecule has 7 heteroatoms. The molecule has 33 heavy (non-hydrogen) atoms. The number of aliphatic hydroxyl groups is 1. The minimum atomic E-state index is -0.837. The maximum atomic E-state index is 13.1. The zero-order valence-electron chi connectivity index (χ0n) is 18.9. The summed E-state index contributed by atoms with van der Waals surface area (Å²) < 4.78 is 10.8. The van der Waals surface area contributed by atoms with Gasteiger partial charge in [0.2, 0.25) is 0 Å². The minimum absolute atomic E-state index is 0.00660. The molecule has 7 nitrogen and oxygen atoms in total. The summed E-state index contributed by atoms with van der Waals surface area (Å²) in [5, 5.41) is 15.1. The van der Waals surface area contributed by atoms with Gasteiger partial charge in [-0.3, -0.25) is 14.5 Å². The van der Waals surface area contributed by atoms with Crippen molar-refractivity contribution < 1.29 is 24.0 Å². The van der Waals surface area contributed by atoms with E-state index >= 15 is 0 Å². The molecule has 170 valence electrons. The predicted octanol–water partition coefficient (Wildman–Crippen LogP) is 4.96. The average Bonchev–Trinajstić information content (AvgIpc) is 3.38. The summed E-state index contributed by atoms with van der Waals surface area (Å²) >= 11 is 0. The number of ether oxygens (including phenoxy) is 1. The van der Waals surface area contributed by atoms with E-state index in [9.17, 15) is 14.7 Å². The van der Waals surface area contributed by atoms with Gasteiger partial charge in [0.25, 0.3) is 5.78 Å². The minimum Gasteiger partial charge on any atom is -0.507 e. The second kappa shape index (κ2) is 9.32. The van der Waals surface area contributed by atoms with E-state index in [2.05, 4.69) is 5.16 Å². The molecule has 2 aromatic carbocycles. The van der Waals surface area contributed by atoms with Crippen LogP contribution in [0.1, 0.15) is 48.8 Å². The monoisotopic (exact) mass is 446 g/mol. The third-order valence-corrected chi connectivity index (χ3v) is 5.61. The van der Waals surface area contributed by atoms with Crippen molar-refractivity contribution >= 4 is 23.3 Å². The van der Waals surface area contributed by atoms with E-state index in [-0.39, 0.29) is 17.2 Å². The van der Waals surface area contributed by atoms with Crippen molar-refractivity contribution in [3.63, 3.8) is 0 Å². The second-order valence-corrected chi connectivity index (χ2v) is 7.93. The predicted molar refractivity (Wildman–Crippen MR) is 124 cm³/mol. The molecule has 2 heterocycles. The zero-order chi connectivity index (χ0) is 23.5. The number of hydrogen-bond donors (Lipinski definition) is 1. The van der Waals surface area contributed by atoms with Crippen molar-refractivity contribution in [1.29, 1.82) is 0 Å². The highest BCUT2D eigenvalue weighted by Crippen LogP contribution is 2.42. The molecule has 1 fully saturated rings. The van der Waals surface area contributed by atoms with E-state index in [0.717, 1.165) is 18.4 Å². The van der Waals surface area contributed by atoms with E-state index in [0.29, 0.717) is 29.2 Å². The number of carbonyl (C=O) groups excluding carboxylic acids is 2. The van der Waals surface area contributed by atoms with Gasteiger partial charge in [-0.25, -0.2) is 0 Å². The highest BCUT2D eigenvalue weighted by Gasteiger charge is 2.48. The zero-order valence-corrected chi connectivity index (χ0v) is 18.9. The fourth-order valence-corrected chi connectivity index (χ4v) is 3.87. The van der Waals surface area contributed by atoms with Crippen molar-refractivity contribution in [3.05, 3.63) is 82.6 Å². The maximum Gasteiger partial charge on any atom is 0.301 e. The Hall–Kier alpha value is -3.87. The molecule has 3 aromatic rings. The Morgan fingerprint density at radius 2 is 1.79 bits per heavy atom. The molecule has 4 rings (SSSR count). The number of aryl methyl sites for hydroxylation is 2. The van der Waals surface area contributed by atoms with Gasteiger partial charge in [0.05, 0.1) is 18.2 Å². The van der Waals surface area contributed by atoms with Gasteiger partial charge in [0, 0.05) is 11.6 Å². The Morgan fingerprint density at radius 3 is 2.36 bits per heavy atom. The van der Waals surface area contributed by atoms with Crippen molar-refractivity contribution in [2.45, 2.75) is 39.7 Å². The number of amides is 1. The van der Waals surface area contributed by atoms with Gasteiger partial charge in [-0.15, -0.1) is 0 Å². The molecule has 1 N–H and O–H groups in total. The van der Waals surface area contributed by atoms with Crippen molar-refractivity contribution in [1.82, 2.24) is 5.16 Å². The Kier molecular flexibility index (Phi) is 6.31. The van der Waals surface area contributed by atoms with E-state index < -0.39 is 17.7 Å². The van der Waals surface area contributed by atoms with Crippen LogP contribution in [0.5, 0.6) is 5.75 Å². The fraction of sp³-hybridized carbons (Fsp3) is 0.269. The summed E-state index contributed by atoms with van der Waals surface area (Å²) in [6.07, 6.45) is 1.74. The van der Waals surface area contributed by atoms with Crippen molar-refractivity contribution in [2.24, 2.45) is 0 Å². The molecule has 1 aliphatic rings. The van der Waals surface area contributed by atoms with Gasteiger partial charge in [-0.2, -0.15) is 0 Å². The molecule has 0 radical (unpaired) electrons. The molecule has 0 spiro atoms. The van der Waals surface area contributed by atoms with Gasteiger partial charge >= 0.3 is 5.91 Å². The first-order valence-corrected chi connectivity index (χ1v) is 11.0. The highest BCUT2D eigenvalue weighted by molar-refractivity contribution is 6.51. The number of ketones is 1. The number of rotatable bonds is 7. The van der Waals surface area contributed by atoms with Gasteiger partial charge in [-0.05, 0) is 55.2 Å².